The Bertz CT molecular complexity index is 656. The first-order chi connectivity index (χ1) is 8.53. The molecule has 106 valence electrons. The molecule has 0 radical (unpaired) electrons. The second-order valence-electron chi connectivity index (χ2n) is 3.75. The molecule has 1 heterocycles. The smallest absolute Gasteiger partial charge is 0.250 e. The van der Waals surface area contributed by atoms with Gasteiger partial charge in [-0.25, -0.2) is 13.1 Å². The summed E-state index contributed by atoms with van der Waals surface area (Å²) >= 11 is 7.12. The summed E-state index contributed by atoms with van der Waals surface area (Å²) in [5.41, 5.74) is 0. The van der Waals surface area contributed by atoms with Crippen LogP contribution in [0.15, 0.2) is 28.5 Å². The number of sulfonamides is 1. The maximum atomic E-state index is 12.0. The van der Waals surface area contributed by atoms with Gasteiger partial charge < -0.3 is 5.32 Å². The first-order valence-corrected chi connectivity index (χ1v) is 8.04. The molecular weight excluding hydrogens is 327 g/mol. The fourth-order valence-corrected chi connectivity index (χ4v) is 4.14. The van der Waals surface area contributed by atoms with Gasteiger partial charge in [-0.2, -0.15) is 0 Å². The van der Waals surface area contributed by atoms with E-state index in [2.05, 4.69) is 10.0 Å². The Morgan fingerprint density at radius 3 is 2.68 bits per heavy atom. The summed E-state index contributed by atoms with van der Waals surface area (Å²) < 4.78 is 27.8. The molecule has 0 atom stereocenters. The van der Waals surface area contributed by atoms with Gasteiger partial charge in [0, 0.05) is 22.8 Å². The number of likely N-dealkylation sites (N-methyl/N-ethyl adjacent to an activating group) is 1. The summed E-state index contributed by atoms with van der Waals surface area (Å²) in [7, 11) is -1.65. The van der Waals surface area contributed by atoms with Crippen molar-refractivity contribution in [1.29, 1.82) is 0 Å². The SMILES string of the molecule is CNCCNS(=O)(=O)c1cc2cc(Cl)ccc2s1.Cl. The van der Waals surface area contributed by atoms with Crippen molar-refractivity contribution in [2.75, 3.05) is 20.1 Å². The van der Waals surface area contributed by atoms with Crippen molar-refractivity contribution in [1.82, 2.24) is 10.0 Å². The van der Waals surface area contributed by atoms with Crippen LogP contribution in [0.1, 0.15) is 0 Å². The Labute approximate surface area is 127 Å². The average molecular weight is 341 g/mol. The van der Waals surface area contributed by atoms with Crippen molar-refractivity contribution < 1.29 is 8.42 Å². The molecule has 0 aliphatic carbocycles. The second kappa shape index (κ2) is 6.88. The first kappa shape index (κ1) is 16.7. The van der Waals surface area contributed by atoms with E-state index in [0.717, 1.165) is 10.1 Å². The van der Waals surface area contributed by atoms with E-state index in [1.54, 1.807) is 25.2 Å². The van der Waals surface area contributed by atoms with Gasteiger partial charge in [0.2, 0.25) is 10.0 Å². The van der Waals surface area contributed by atoms with Gasteiger partial charge in [0.25, 0.3) is 0 Å². The Morgan fingerprint density at radius 1 is 1.26 bits per heavy atom. The van der Waals surface area contributed by atoms with Crippen LogP contribution >= 0.6 is 35.3 Å². The predicted octanol–water partition coefficient (Wildman–Crippen LogP) is 2.47. The van der Waals surface area contributed by atoms with Crippen LogP contribution in [0.5, 0.6) is 0 Å². The molecule has 0 unspecified atom stereocenters. The highest BCUT2D eigenvalue weighted by molar-refractivity contribution is 7.91. The van der Waals surface area contributed by atoms with E-state index in [-0.39, 0.29) is 12.4 Å². The number of hydrogen-bond donors (Lipinski definition) is 2. The predicted molar refractivity (Wildman–Crippen MR) is 83.2 cm³/mol. The molecule has 0 aliphatic heterocycles. The van der Waals surface area contributed by atoms with Crippen molar-refractivity contribution >= 4 is 55.5 Å². The van der Waals surface area contributed by atoms with Gasteiger partial charge in [0.05, 0.1) is 0 Å². The number of benzene rings is 1. The lowest BCUT2D eigenvalue weighted by Crippen LogP contribution is -2.29. The molecule has 0 saturated heterocycles. The molecule has 0 spiro atoms. The third-order valence-corrected chi connectivity index (χ3v) is 5.67. The highest BCUT2D eigenvalue weighted by Gasteiger charge is 2.16. The van der Waals surface area contributed by atoms with Crippen LogP contribution in [0.2, 0.25) is 5.02 Å². The number of nitrogens with one attached hydrogen (secondary N) is 2. The van der Waals surface area contributed by atoms with Crippen LogP contribution in [-0.4, -0.2) is 28.6 Å². The van der Waals surface area contributed by atoms with Crippen molar-refractivity contribution in [2.24, 2.45) is 0 Å². The molecular formula is C11H14Cl2N2O2S2. The zero-order valence-electron chi connectivity index (χ0n) is 10.1. The third-order valence-electron chi connectivity index (χ3n) is 2.39. The number of rotatable bonds is 5. The molecule has 19 heavy (non-hydrogen) atoms. The van der Waals surface area contributed by atoms with Gasteiger partial charge >= 0.3 is 0 Å². The highest BCUT2D eigenvalue weighted by atomic mass is 35.5. The monoisotopic (exact) mass is 340 g/mol. The maximum absolute atomic E-state index is 12.0. The van der Waals surface area contributed by atoms with Gasteiger partial charge in [-0.05, 0) is 36.7 Å². The number of halogens is 2. The third kappa shape index (κ3) is 4.05. The lowest BCUT2D eigenvalue weighted by Gasteiger charge is -2.03. The second-order valence-corrected chi connectivity index (χ2v) is 7.26. The lowest BCUT2D eigenvalue weighted by molar-refractivity contribution is 0.581. The van der Waals surface area contributed by atoms with Gasteiger partial charge in [0.15, 0.2) is 0 Å². The van der Waals surface area contributed by atoms with Crippen LogP contribution in [0, 0.1) is 0 Å². The minimum Gasteiger partial charge on any atom is -0.318 e. The fourth-order valence-electron chi connectivity index (χ4n) is 1.50. The van der Waals surface area contributed by atoms with E-state index in [4.69, 9.17) is 11.6 Å². The zero-order chi connectivity index (χ0) is 13.2. The van der Waals surface area contributed by atoms with Gasteiger partial charge in [-0.15, -0.1) is 23.7 Å². The van der Waals surface area contributed by atoms with Crippen molar-refractivity contribution in [3.8, 4) is 0 Å². The number of thiophene rings is 1. The standard InChI is InChI=1S/C11H13ClN2O2S2.ClH/c1-13-4-5-14-18(15,16)11-7-8-6-9(12)2-3-10(8)17-11;/h2-3,6-7,13-14H,4-5H2,1H3;1H. The van der Waals surface area contributed by atoms with E-state index in [1.807, 2.05) is 6.07 Å². The normalized spacial score (nSPS) is 11.5. The van der Waals surface area contributed by atoms with Gasteiger partial charge in [-0.1, -0.05) is 11.6 Å². The average Bonchev–Trinajstić information content (AvgIpc) is 2.72. The molecule has 0 amide bonds. The van der Waals surface area contributed by atoms with Crippen molar-refractivity contribution in [3.63, 3.8) is 0 Å². The first-order valence-electron chi connectivity index (χ1n) is 5.36. The molecule has 1 aromatic carbocycles. The summed E-state index contributed by atoms with van der Waals surface area (Å²) in [4.78, 5) is 0. The molecule has 0 saturated carbocycles. The minimum absolute atomic E-state index is 0. The van der Waals surface area contributed by atoms with E-state index >= 15 is 0 Å². The minimum atomic E-state index is -3.42. The summed E-state index contributed by atoms with van der Waals surface area (Å²) in [5.74, 6) is 0. The van der Waals surface area contributed by atoms with Crippen LogP contribution < -0.4 is 10.0 Å². The van der Waals surface area contributed by atoms with Gasteiger partial charge in [-0.3, -0.25) is 0 Å². The Morgan fingerprint density at radius 2 is 2.00 bits per heavy atom. The number of hydrogen-bond acceptors (Lipinski definition) is 4. The Balaban J connectivity index is 0.00000180. The zero-order valence-corrected chi connectivity index (χ0v) is 13.3. The van der Waals surface area contributed by atoms with E-state index < -0.39 is 10.0 Å². The molecule has 8 heteroatoms. The van der Waals surface area contributed by atoms with Crippen molar-refractivity contribution in [2.45, 2.75) is 4.21 Å². The van der Waals surface area contributed by atoms with E-state index in [0.29, 0.717) is 22.3 Å². The van der Waals surface area contributed by atoms with Crippen molar-refractivity contribution in [3.05, 3.63) is 29.3 Å². The molecule has 0 bridgehead atoms. The Hall–Kier alpha value is -0.370. The quantitative estimate of drug-likeness (QED) is 0.822. The molecule has 2 rings (SSSR count). The fraction of sp³-hybridized carbons (Fsp3) is 0.273. The Kier molecular flexibility index (Phi) is 6.04. The molecule has 0 fully saturated rings. The lowest BCUT2D eigenvalue weighted by atomic mass is 10.3. The van der Waals surface area contributed by atoms with Crippen LogP contribution in [0.25, 0.3) is 10.1 Å². The van der Waals surface area contributed by atoms with Crippen LogP contribution in [-0.2, 0) is 10.0 Å². The molecule has 2 aromatic rings. The van der Waals surface area contributed by atoms with Crippen LogP contribution in [0.4, 0.5) is 0 Å². The maximum Gasteiger partial charge on any atom is 0.250 e. The largest absolute Gasteiger partial charge is 0.318 e. The van der Waals surface area contributed by atoms with E-state index in [9.17, 15) is 8.42 Å². The molecule has 2 N–H and O–H groups in total. The molecule has 4 nitrogen and oxygen atoms in total. The van der Waals surface area contributed by atoms with Crippen LogP contribution in [0.3, 0.4) is 0 Å². The summed E-state index contributed by atoms with van der Waals surface area (Å²) in [6.45, 7) is 0.962. The summed E-state index contributed by atoms with van der Waals surface area (Å²) in [5, 5.41) is 4.34. The number of fused-ring (bicyclic) bond motifs is 1. The van der Waals surface area contributed by atoms with E-state index in [1.165, 1.54) is 11.3 Å². The summed E-state index contributed by atoms with van der Waals surface area (Å²) in [6.07, 6.45) is 0. The topological polar surface area (TPSA) is 58.2 Å². The molecule has 1 aromatic heterocycles. The summed E-state index contributed by atoms with van der Waals surface area (Å²) in [6, 6.07) is 6.99. The molecule has 0 aliphatic rings. The van der Waals surface area contributed by atoms with Gasteiger partial charge in [0.1, 0.15) is 4.21 Å². The highest BCUT2D eigenvalue weighted by Crippen LogP contribution is 2.30.